The van der Waals surface area contributed by atoms with Crippen LogP contribution in [0, 0.1) is 12.8 Å². The van der Waals surface area contributed by atoms with Gasteiger partial charge < -0.3 is 15.0 Å². The van der Waals surface area contributed by atoms with Crippen molar-refractivity contribution in [3.05, 3.63) is 16.5 Å². The normalized spacial score (nSPS) is 17.7. The maximum Gasteiger partial charge on any atom is 0.348 e. The Kier molecular flexibility index (Phi) is 5.18. The number of ether oxygens (including phenoxy) is 1. The Hall–Kier alpha value is -1.89. The summed E-state index contributed by atoms with van der Waals surface area (Å²) < 4.78 is 4.98. The Balaban J connectivity index is 2.02. The molecule has 1 aliphatic heterocycles. The fourth-order valence-electron chi connectivity index (χ4n) is 2.42. The van der Waals surface area contributed by atoms with Crippen LogP contribution in [-0.2, 0) is 14.3 Å². The van der Waals surface area contributed by atoms with Crippen molar-refractivity contribution in [3.8, 4) is 0 Å². The van der Waals surface area contributed by atoms with Crippen LogP contribution in [0.25, 0.3) is 0 Å². The lowest BCUT2D eigenvalue weighted by atomic mass is 10.1. The van der Waals surface area contributed by atoms with Crippen molar-refractivity contribution in [2.24, 2.45) is 5.92 Å². The second kappa shape index (κ2) is 6.91. The summed E-state index contributed by atoms with van der Waals surface area (Å²) in [5.74, 6) is -0.877. The molecule has 6 nitrogen and oxygen atoms in total. The van der Waals surface area contributed by atoms with E-state index < -0.39 is 0 Å². The number of rotatable bonds is 5. The summed E-state index contributed by atoms with van der Waals surface area (Å²) in [5.41, 5.74) is 0.774. The molecule has 0 bridgehead atoms. The molecule has 0 aromatic carbocycles. The number of thiophene rings is 1. The smallest absolute Gasteiger partial charge is 0.348 e. The number of nitrogens with one attached hydrogen (secondary N) is 1. The maximum absolute atomic E-state index is 12.2. The number of aryl methyl sites for hydroxylation is 1. The van der Waals surface area contributed by atoms with Gasteiger partial charge in [0, 0.05) is 19.5 Å². The van der Waals surface area contributed by atoms with E-state index in [1.54, 1.807) is 24.8 Å². The predicted molar refractivity (Wildman–Crippen MR) is 84.0 cm³/mol. The minimum Gasteiger partial charge on any atom is -0.462 e. The maximum atomic E-state index is 12.2. The number of esters is 1. The summed E-state index contributed by atoms with van der Waals surface area (Å²) in [4.78, 5) is 37.9. The van der Waals surface area contributed by atoms with E-state index in [1.165, 1.54) is 11.3 Å². The van der Waals surface area contributed by atoms with E-state index in [2.05, 4.69) is 5.32 Å². The fourth-order valence-corrected chi connectivity index (χ4v) is 3.39. The van der Waals surface area contributed by atoms with E-state index in [0.29, 0.717) is 29.6 Å². The van der Waals surface area contributed by atoms with Gasteiger partial charge in [0.1, 0.15) is 4.88 Å². The van der Waals surface area contributed by atoms with Crippen LogP contribution in [0.3, 0.4) is 0 Å². The Morgan fingerprint density at radius 1 is 1.45 bits per heavy atom. The standard InChI is InChI=1S/C15H20N2O4S/c1-4-17-8-10(7-12(17)18)14(19)16-11-6-9(3)13(22-11)15(20)21-5-2/h6,10H,4-5,7-8H2,1-3H3,(H,16,19). The van der Waals surface area contributed by atoms with E-state index in [-0.39, 0.29) is 30.1 Å². The minimum absolute atomic E-state index is 0.0113. The second-order valence-corrected chi connectivity index (χ2v) is 6.22. The first-order chi connectivity index (χ1) is 10.5. The van der Waals surface area contributed by atoms with Gasteiger partial charge in [-0.3, -0.25) is 9.59 Å². The van der Waals surface area contributed by atoms with Crippen LogP contribution in [0.2, 0.25) is 0 Å². The molecule has 0 aliphatic carbocycles. The fraction of sp³-hybridized carbons (Fsp3) is 0.533. The van der Waals surface area contributed by atoms with Gasteiger partial charge in [-0.15, -0.1) is 11.3 Å². The molecule has 2 rings (SSSR count). The van der Waals surface area contributed by atoms with Crippen LogP contribution in [0.1, 0.15) is 35.5 Å². The predicted octanol–water partition coefficient (Wildman–Crippen LogP) is 2.04. The molecule has 1 unspecified atom stereocenters. The van der Waals surface area contributed by atoms with Crippen LogP contribution < -0.4 is 5.32 Å². The first-order valence-electron chi connectivity index (χ1n) is 7.32. The third-order valence-corrected chi connectivity index (χ3v) is 4.72. The van der Waals surface area contributed by atoms with E-state index in [0.717, 1.165) is 5.56 Å². The molecule has 2 amide bonds. The summed E-state index contributed by atoms with van der Waals surface area (Å²) in [7, 11) is 0. The largest absolute Gasteiger partial charge is 0.462 e. The molecule has 1 aromatic heterocycles. The highest BCUT2D eigenvalue weighted by Gasteiger charge is 2.33. The van der Waals surface area contributed by atoms with Crippen LogP contribution >= 0.6 is 11.3 Å². The van der Waals surface area contributed by atoms with Crippen molar-refractivity contribution >= 4 is 34.1 Å². The molecule has 1 fully saturated rings. The molecule has 120 valence electrons. The van der Waals surface area contributed by atoms with Crippen molar-refractivity contribution < 1.29 is 19.1 Å². The van der Waals surface area contributed by atoms with E-state index in [1.807, 2.05) is 6.92 Å². The SMILES string of the molecule is CCOC(=O)c1sc(NC(=O)C2CC(=O)N(CC)C2)cc1C. The zero-order valence-electron chi connectivity index (χ0n) is 13.0. The summed E-state index contributed by atoms with van der Waals surface area (Å²) >= 11 is 1.20. The molecule has 7 heteroatoms. The van der Waals surface area contributed by atoms with Gasteiger partial charge in [-0.2, -0.15) is 0 Å². The number of carbonyl (C=O) groups is 3. The zero-order valence-corrected chi connectivity index (χ0v) is 13.8. The van der Waals surface area contributed by atoms with E-state index in [9.17, 15) is 14.4 Å². The van der Waals surface area contributed by atoms with Crippen LogP contribution in [0.5, 0.6) is 0 Å². The molecule has 1 aromatic rings. The lowest BCUT2D eigenvalue weighted by Gasteiger charge is -2.13. The van der Waals surface area contributed by atoms with Gasteiger partial charge in [0.25, 0.3) is 0 Å². The van der Waals surface area contributed by atoms with Gasteiger partial charge in [0.2, 0.25) is 11.8 Å². The molecule has 1 saturated heterocycles. The summed E-state index contributed by atoms with van der Waals surface area (Å²) in [5, 5.41) is 3.40. The molecule has 1 aliphatic rings. The lowest BCUT2D eigenvalue weighted by Crippen LogP contribution is -2.27. The van der Waals surface area contributed by atoms with Crippen molar-refractivity contribution in [2.45, 2.75) is 27.2 Å². The Labute approximate surface area is 133 Å². The summed E-state index contributed by atoms with van der Waals surface area (Å²) in [6, 6.07) is 1.75. The average Bonchev–Trinajstić information content (AvgIpc) is 3.02. The lowest BCUT2D eigenvalue weighted by molar-refractivity contribution is -0.128. The van der Waals surface area contributed by atoms with Crippen molar-refractivity contribution in [2.75, 3.05) is 25.0 Å². The van der Waals surface area contributed by atoms with Crippen LogP contribution in [-0.4, -0.2) is 42.4 Å². The molecule has 0 spiro atoms. The topological polar surface area (TPSA) is 75.7 Å². The number of carbonyl (C=O) groups excluding carboxylic acids is 3. The van der Waals surface area contributed by atoms with Crippen LogP contribution in [0.15, 0.2) is 6.07 Å². The van der Waals surface area contributed by atoms with Crippen LogP contribution in [0.4, 0.5) is 5.00 Å². The van der Waals surface area contributed by atoms with Gasteiger partial charge in [-0.1, -0.05) is 0 Å². The number of hydrogen-bond donors (Lipinski definition) is 1. The number of likely N-dealkylation sites (tertiary alicyclic amines) is 1. The minimum atomic E-state index is -0.376. The van der Waals surface area contributed by atoms with Crippen molar-refractivity contribution in [3.63, 3.8) is 0 Å². The van der Waals surface area contributed by atoms with Crippen molar-refractivity contribution in [1.29, 1.82) is 0 Å². The molecule has 0 radical (unpaired) electrons. The highest BCUT2D eigenvalue weighted by Crippen LogP contribution is 2.28. The highest BCUT2D eigenvalue weighted by atomic mass is 32.1. The number of nitrogens with zero attached hydrogens (tertiary/aromatic N) is 1. The molecule has 2 heterocycles. The third kappa shape index (κ3) is 3.47. The average molecular weight is 324 g/mol. The van der Waals surface area contributed by atoms with E-state index in [4.69, 9.17) is 4.74 Å². The number of amides is 2. The van der Waals surface area contributed by atoms with E-state index >= 15 is 0 Å². The molecular weight excluding hydrogens is 304 g/mol. The molecule has 1 N–H and O–H groups in total. The van der Waals surface area contributed by atoms with Gasteiger partial charge in [0.05, 0.1) is 17.5 Å². The molecule has 1 atom stereocenters. The highest BCUT2D eigenvalue weighted by molar-refractivity contribution is 7.18. The zero-order chi connectivity index (χ0) is 16.3. The Morgan fingerprint density at radius 3 is 2.77 bits per heavy atom. The number of hydrogen-bond acceptors (Lipinski definition) is 5. The Morgan fingerprint density at radius 2 is 2.18 bits per heavy atom. The summed E-state index contributed by atoms with van der Waals surface area (Å²) in [6.45, 7) is 6.84. The molecule has 0 saturated carbocycles. The first kappa shape index (κ1) is 16.5. The third-order valence-electron chi connectivity index (χ3n) is 3.59. The number of anilines is 1. The van der Waals surface area contributed by atoms with Gasteiger partial charge in [-0.25, -0.2) is 4.79 Å². The monoisotopic (exact) mass is 324 g/mol. The van der Waals surface area contributed by atoms with Crippen molar-refractivity contribution in [1.82, 2.24) is 4.90 Å². The van der Waals surface area contributed by atoms with Gasteiger partial charge >= 0.3 is 5.97 Å². The first-order valence-corrected chi connectivity index (χ1v) is 8.14. The summed E-state index contributed by atoms with van der Waals surface area (Å²) in [6.07, 6.45) is 0.245. The quantitative estimate of drug-likeness (QED) is 0.841. The second-order valence-electron chi connectivity index (χ2n) is 5.17. The molecule has 22 heavy (non-hydrogen) atoms. The molecular formula is C15H20N2O4S. The van der Waals surface area contributed by atoms with Gasteiger partial charge in [-0.05, 0) is 32.4 Å². The van der Waals surface area contributed by atoms with Gasteiger partial charge in [0.15, 0.2) is 0 Å². The Bertz CT molecular complexity index is 596.